The average molecular weight is 300 g/mol. The zero-order valence-corrected chi connectivity index (χ0v) is 10.4. The minimum absolute atomic E-state index is 0.129. The summed E-state index contributed by atoms with van der Waals surface area (Å²) in [5.41, 5.74) is 5.59. The lowest BCUT2D eigenvalue weighted by atomic mass is 10.1. The number of halogens is 1. The Morgan fingerprint density at radius 1 is 1.62 bits per heavy atom. The number of ether oxygens (including phenoxy) is 1. The van der Waals surface area contributed by atoms with Gasteiger partial charge in [-0.15, -0.1) is 0 Å². The summed E-state index contributed by atoms with van der Waals surface area (Å²) >= 11 is 2.13. The van der Waals surface area contributed by atoms with Gasteiger partial charge in [0.15, 0.2) is 0 Å². The number of nitrogens with two attached hydrogens (primary N) is 1. The van der Waals surface area contributed by atoms with Crippen molar-refractivity contribution in [1.82, 2.24) is 3.11 Å². The Hall–Kier alpha value is 0.120. The van der Waals surface area contributed by atoms with Crippen molar-refractivity contribution in [3.63, 3.8) is 0 Å². The molecule has 0 aliphatic heterocycles. The lowest BCUT2D eigenvalue weighted by Crippen LogP contribution is -2.37. The second-order valence-electron chi connectivity index (χ2n) is 3.27. The third-order valence-corrected chi connectivity index (χ3v) is 2.12. The first kappa shape index (κ1) is 13.1. The summed E-state index contributed by atoms with van der Waals surface area (Å²) in [5.74, 6) is -0.182. The Kier molecular flexibility index (Phi) is 6.62. The van der Waals surface area contributed by atoms with Gasteiger partial charge < -0.3 is 10.5 Å². The molecule has 5 heteroatoms. The second-order valence-corrected chi connectivity index (χ2v) is 4.91. The third kappa shape index (κ3) is 6.23. The molecule has 2 N–H and O–H groups in total. The van der Waals surface area contributed by atoms with Gasteiger partial charge in [-0.25, -0.2) is 3.11 Å². The van der Waals surface area contributed by atoms with Gasteiger partial charge in [0.2, 0.25) is 0 Å². The zero-order chi connectivity index (χ0) is 10.4. The maximum absolute atomic E-state index is 11.2. The summed E-state index contributed by atoms with van der Waals surface area (Å²) in [6, 6.07) is -0.500. The quantitative estimate of drug-likeness (QED) is 0.463. The Labute approximate surface area is 93.3 Å². The largest absolute Gasteiger partial charge is 0.463 e. The Balaban J connectivity index is 3.62. The molecule has 0 saturated heterocycles. The number of carbonyl (C=O) groups is 1. The minimum Gasteiger partial charge on any atom is -0.463 e. The number of rotatable bonds is 5. The van der Waals surface area contributed by atoms with Crippen molar-refractivity contribution in [2.75, 3.05) is 20.2 Å². The number of esters is 1. The first-order valence-electron chi connectivity index (χ1n) is 4.24. The second kappa shape index (κ2) is 6.56. The molecule has 0 aromatic heterocycles. The van der Waals surface area contributed by atoms with E-state index in [0.29, 0.717) is 6.61 Å². The predicted octanol–water partition coefficient (Wildman–Crippen LogP) is 0.795. The fourth-order valence-electron chi connectivity index (χ4n) is 0.640. The zero-order valence-electron chi connectivity index (χ0n) is 8.29. The first-order chi connectivity index (χ1) is 5.95. The molecule has 0 aliphatic carbocycles. The van der Waals surface area contributed by atoms with Gasteiger partial charge in [0.25, 0.3) is 0 Å². The fourth-order valence-corrected chi connectivity index (χ4v) is 0.837. The molecule has 0 spiro atoms. The highest BCUT2D eigenvalue weighted by Gasteiger charge is 2.18. The molecular weight excluding hydrogens is 283 g/mol. The Morgan fingerprint density at radius 3 is 2.54 bits per heavy atom. The number of carbonyl (C=O) groups excluding carboxylic acids is 1. The van der Waals surface area contributed by atoms with Crippen molar-refractivity contribution >= 4 is 28.8 Å². The van der Waals surface area contributed by atoms with E-state index in [2.05, 4.69) is 22.9 Å². The van der Waals surface area contributed by atoms with Crippen LogP contribution in [0, 0.1) is 5.92 Å². The summed E-state index contributed by atoms with van der Waals surface area (Å²) < 4.78 is 6.89. The molecule has 4 nitrogen and oxygen atoms in total. The van der Waals surface area contributed by atoms with Crippen LogP contribution in [0.1, 0.15) is 13.8 Å². The molecule has 0 amide bonds. The van der Waals surface area contributed by atoms with Gasteiger partial charge in [0.1, 0.15) is 12.6 Å². The maximum Gasteiger partial charge on any atom is 0.323 e. The van der Waals surface area contributed by atoms with Crippen LogP contribution >= 0.6 is 22.9 Å². The van der Waals surface area contributed by atoms with Crippen LogP contribution in [0.5, 0.6) is 0 Å². The molecule has 0 rings (SSSR count). The van der Waals surface area contributed by atoms with Gasteiger partial charge in [0, 0.05) is 29.4 Å². The van der Waals surface area contributed by atoms with Gasteiger partial charge in [-0.2, -0.15) is 0 Å². The summed E-state index contributed by atoms with van der Waals surface area (Å²) in [5, 5.41) is 0. The molecule has 0 aliphatic rings. The molecule has 0 fully saturated rings. The van der Waals surface area contributed by atoms with E-state index in [-0.39, 0.29) is 11.9 Å². The van der Waals surface area contributed by atoms with Crippen LogP contribution in [0.2, 0.25) is 0 Å². The van der Waals surface area contributed by atoms with Crippen molar-refractivity contribution < 1.29 is 9.53 Å². The molecule has 0 unspecified atom stereocenters. The number of hydrogen-bond acceptors (Lipinski definition) is 4. The highest BCUT2D eigenvalue weighted by Crippen LogP contribution is 2.00. The van der Waals surface area contributed by atoms with Gasteiger partial charge in [-0.1, -0.05) is 13.8 Å². The van der Waals surface area contributed by atoms with Gasteiger partial charge in [0.05, 0.1) is 0 Å². The number of nitrogens with zero attached hydrogens (tertiary/aromatic N) is 1. The van der Waals surface area contributed by atoms with E-state index in [1.807, 2.05) is 24.0 Å². The molecule has 0 aromatic carbocycles. The van der Waals surface area contributed by atoms with Crippen molar-refractivity contribution in [3.05, 3.63) is 0 Å². The van der Waals surface area contributed by atoms with E-state index in [4.69, 9.17) is 10.5 Å². The van der Waals surface area contributed by atoms with Crippen molar-refractivity contribution in [2.24, 2.45) is 11.7 Å². The smallest absolute Gasteiger partial charge is 0.323 e. The lowest BCUT2D eigenvalue weighted by Gasteiger charge is -2.15. The maximum atomic E-state index is 11.2. The molecule has 1 atom stereocenters. The standard InChI is InChI=1S/C8H17IN2O2/c1-6(2)7(10)8(12)13-5-4-11(3)9/h6-7H,4-5,10H2,1-3H3/t7-/m0/s1. The van der Waals surface area contributed by atoms with E-state index >= 15 is 0 Å². The van der Waals surface area contributed by atoms with Gasteiger partial charge in [-0.05, 0) is 13.0 Å². The Bertz CT molecular complexity index is 162. The van der Waals surface area contributed by atoms with E-state index in [1.165, 1.54) is 0 Å². The summed E-state index contributed by atoms with van der Waals surface area (Å²) in [4.78, 5) is 11.2. The topological polar surface area (TPSA) is 55.6 Å². The van der Waals surface area contributed by atoms with Crippen LogP contribution in [-0.2, 0) is 9.53 Å². The Morgan fingerprint density at radius 2 is 2.15 bits per heavy atom. The molecule has 13 heavy (non-hydrogen) atoms. The highest BCUT2D eigenvalue weighted by molar-refractivity contribution is 14.1. The molecule has 0 aromatic rings. The monoisotopic (exact) mass is 300 g/mol. The highest BCUT2D eigenvalue weighted by atomic mass is 127. The normalized spacial score (nSPS) is 13.5. The van der Waals surface area contributed by atoms with E-state index in [1.54, 1.807) is 0 Å². The molecule has 0 bridgehead atoms. The lowest BCUT2D eigenvalue weighted by molar-refractivity contribution is -0.146. The van der Waals surface area contributed by atoms with Crippen LogP contribution in [0.4, 0.5) is 0 Å². The fraction of sp³-hybridized carbons (Fsp3) is 0.875. The predicted molar refractivity (Wildman–Crippen MR) is 60.4 cm³/mol. The van der Waals surface area contributed by atoms with Crippen molar-refractivity contribution in [2.45, 2.75) is 19.9 Å². The van der Waals surface area contributed by atoms with Crippen molar-refractivity contribution in [3.8, 4) is 0 Å². The molecule has 0 radical (unpaired) electrons. The van der Waals surface area contributed by atoms with Gasteiger partial charge in [-0.3, -0.25) is 4.79 Å². The van der Waals surface area contributed by atoms with E-state index in [9.17, 15) is 4.79 Å². The van der Waals surface area contributed by atoms with Crippen molar-refractivity contribution in [1.29, 1.82) is 0 Å². The SMILES string of the molecule is CC(C)[C@H](N)C(=O)OCCN(C)I. The molecule has 78 valence electrons. The van der Waals surface area contributed by atoms with Crippen LogP contribution in [0.3, 0.4) is 0 Å². The van der Waals surface area contributed by atoms with Crippen LogP contribution in [0.15, 0.2) is 0 Å². The summed E-state index contributed by atoms with van der Waals surface area (Å²) in [6.07, 6.45) is 0. The van der Waals surface area contributed by atoms with Crippen LogP contribution in [-0.4, -0.2) is 35.3 Å². The first-order valence-corrected chi connectivity index (χ1v) is 5.20. The summed E-state index contributed by atoms with van der Waals surface area (Å²) in [7, 11) is 1.91. The van der Waals surface area contributed by atoms with Crippen LogP contribution < -0.4 is 5.73 Å². The van der Waals surface area contributed by atoms with E-state index < -0.39 is 6.04 Å². The molecular formula is C8H17IN2O2. The number of likely N-dealkylation sites (N-methyl/N-ethyl adjacent to an activating group) is 1. The van der Waals surface area contributed by atoms with Crippen LogP contribution in [0.25, 0.3) is 0 Å². The summed E-state index contributed by atoms with van der Waals surface area (Å²) in [6.45, 7) is 4.92. The molecule has 0 heterocycles. The third-order valence-electron chi connectivity index (χ3n) is 1.63. The molecule has 0 saturated carbocycles. The number of hydrogen-bond donors (Lipinski definition) is 1. The average Bonchev–Trinajstić information content (AvgIpc) is 2.02. The van der Waals surface area contributed by atoms with Gasteiger partial charge >= 0.3 is 5.97 Å². The van der Waals surface area contributed by atoms with E-state index in [0.717, 1.165) is 6.54 Å². The minimum atomic E-state index is -0.500.